The Bertz CT molecular complexity index is 522. The summed E-state index contributed by atoms with van der Waals surface area (Å²) in [5, 5.41) is 3.38. The Morgan fingerprint density at radius 2 is 1.86 bits per heavy atom. The van der Waals surface area contributed by atoms with Crippen LogP contribution in [0.4, 0.5) is 11.5 Å². The van der Waals surface area contributed by atoms with E-state index in [4.69, 9.17) is 0 Å². The molecule has 21 heavy (non-hydrogen) atoms. The van der Waals surface area contributed by atoms with Gasteiger partial charge in [-0.2, -0.15) is 0 Å². The van der Waals surface area contributed by atoms with Crippen LogP contribution in [0.15, 0.2) is 42.7 Å². The van der Waals surface area contributed by atoms with Crippen LogP contribution in [-0.2, 0) is 6.54 Å². The minimum Gasteiger partial charge on any atom is -0.325 e. The fraction of sp³-hybridized carbons (Fsp3) is 0.412. The predicted molar refractivity (Wildman–Crippen MR) is 87.7 cm³/mol. The molecule has 2 rings (SSSR count). The number of hydrogen-bond donors (Lipinski definition) is 1. The molecule has 0 fully saturated rings. The maximum absolute atomic E-state index is 4.55. The number of anilines is 2. The topological polar surface area (TPSA) is 41.1 Å². The summed E-state index contributed by atoms with van der Waals surface area (Å²) in [6.45, 7) is 9.13. The normalized spacial score (nSPS) is 10.9. The lowest BCUT2D eigenvalue weighted by molar-refractivity contribution is 0.547. The molecule has 0 aliphatic heterocycles. The van der Waals surface area contributed by atoms with Gasteiger partial charge in [-0.05, 0) is 31.5 Å². The first-order chi connectivity index (χ1) is 10.2. The summed E-state index contributed by atoms with van der Waals surface area (Å²) in [7, 11) is 0. The predicted octanol–water partition coefficient (Wildman–Crippen LogP) is 3.38. The second-order valence-corrected chi connectivity index (χ2v) is 5.47. The van der Waals surface area contributed by atoms with Crippen molar-refractivity contribution in [1.82, 2.24) is 15.3 Å². The number of benzene rings is 1. The van der Waals surface area contributed by atoms with E-state index in [0.717, 1.165) is 36.8 Å². The standard InChI is InChI=1S/C17H24N4/c1-4-21(16-8-6-5-7-9-16)17-13-19-15(12-20-17)11-18-10-14(2)3/h5-9,12-14,18H,4,10-11H2,1-3H3. The Kier molecular flexibility index (Phi) is 5.69. The fourth-order valence-corrected chi connectivity index (χ4v) is 2.15. The molecule has 1 N–H and O–H groups in total. The zero-order chi connectivity index (χ0) is 15.1. The first-order valence-electron chi connectivity index (χ1n) is 7.55. The van der Waals surface area contributed by atoms with E-state index < -0.39 is 0 Å². The minimum atomic E-state index is 0.644. The van der Waals surface area contributed by atoms with E-state index in [0.29, 0.717) is 5.92 Å². The average molecular weight is 284 g/mol. The third-order valence-corrected chi connectivity index (χ3v) is 3.21. The van der Waals surface area contributed by atoms with Crippen molar-refractivity contribution in [3.8, 4) is 0 Å². The van der Waals surface area contributed by atoms with Crippen LogP contribution in [0.2, 0.25) is 0 Å². The van der Waals surface area contributed by atoms with Crippen molar-refractivity contribution >= 4 is 11.5 Å². The zero-order valence-corrected chi connectivity index (χ0v) is 13.1. The number of rotatable bonds is 7. The van der Waals surface area contributed by atoms with Crippen LogP contribution in [0.25, 0.3) is 0 Å². The highest BCUT2D eigenvalue weighted by Crippen LogP contribution is 2.21. The van der Waals surface area contributed by atoms with E-state index in [2.05, 4.69) is 53.1 Å². The van der Waals surface area contributed by atoms with Gasteiger partial charge in [0.25, 0.3) is 0 Å². The third-order valence-electron chi connectivity index (χ3n) is 3.21. The van der Waals surface area contributed by atoms with Crippen molar-refractivity contribution in [3.63, 3.8) is 0 Å². The van der Waals surface area contributed by atoms with Gasteiger partial charge in [-0.15, -0.1) is 0 Å². The summed E-state index contributed by atoms with van der Waals surface area (Å²) in [5.74, 6) is 1.53. The van der Waals surface area contributed by atoms with Gasteiger partial charge in [-0.1, -0.05) is 32.0 Å². The second kappa shape index (κ2) is 7.74. The van der Waals surface area contributed by atoms with Crippen molar-refractivity contribution < 1.29 is 0 Å². The molecule has 1 aromatic carbocycles. The van der Waals surface area contributed by atoms with Gasteiger partial charge in [0.2, 0.25) is 0 Å². The Morgan fingerprint density at radius 1 is 1.10 bits per heavy atom. The number of nitrogens with one attached hydrogen (secondary N) is 1. The van der Waals surface area contributed by atoms with Gasteiger partial charge in [0.1, 0.15) is 0 Å². The van der Waals surface area contributed by atoms with E-state index in [1.807, 2.05) is 30.6 Å². The smallest absolute Gasteiger partial charge is 0.151 e. The lowest BCUT2D eigenvalue weighted by Crippen LogP contribution is -2.21. The van der Waals surface area contributed by atoms with Crippen molar-refractivity contribution in [2.45, 2.75) is 27.3 Å². The van der Waals surface area contributed by atoms with Crippen LogP contribution in [0, 0.1) is 5.92 Å². The van der Waals surface area contributed by atoms with E-state index in [1.54, 1.807) is 0 Å². The molecule has 0 aliphatic carbocycles. The lowest BCUT2D eigenvalue weighted by Gasteiger charge is -2.21. The highest BCUT2D eigenvalue weighted by atomic mass is 15.2. The Labute approximate surface area is 127 Å². The molecule has 2 aromatic rings. The summed E-state index contributed by atoms with van der Waals surface area (Å²) in [6.07, 6.45) is 3.71. The SMILES string of the molecule is CCN(c1ccccc1)c1cnc(CNCC(C)C)cn1. The molecule has 0 bridgehead atoms. The van der Waals surface area contributed by atoms with Crippen molar-refractivity contribution in [2.75, 3.05) is 18.0 Å². The summed E-state index contributed by atoms with van der Waals surface area (Å²) < 4.78 is 0. The monoisotopic (exact) mass is 284 g/mol. The Hall–Kier alpha value is -1.94. The van der Waals surface area contributed by atoms with Gasteiger partial charge in [0, 0.05) is 18.8 Å². The summed E-state index contributed by atoms with van der Waals surface area (Å²) in [5.41, 5.74) is 2.11. The van der Waals surface area contributed by atoms with Gasteiger partial charge in [-0.3, -0.25) is 4.98 Å². The Morgan fingerprint density at radius 3 is 2.43 bits per heavy atom. The highest BCUT2D eigenvalue weighted by molar-refractivity contribution is 5.58. The van der Waals surface area contributed by atoms with Crippen LogP contribution in [0.1, 0.15) is 26.5 Å². The van der Waals surface area contributed by atoms with Gasteiger partial charge in [0.15, 0.2) is 5.82 Å². The molecule has 0 radical (unpaired) electrons. The van der Waals surface area contributed by atoms with Crippen LogP contribution in [-0.4, -0.2) is 23.1 Å². The van der Waals surface area contributed by atoms with Gasteiger partial charge < -0.3 is 10.2 Å². The molecule has 0 aliphatic rings. The highest BCUT2D eigenvalue weighted by Gasteiger charge is 2.08. The van der Waals surface area contributed by atoms with Crippen LogP contribution in [0.3, 0.4) is 0 Å². The molecule has 4 nitrogen and oxygen atoms in total. The molecule has 112 valence electrons. The molecule has 0 saturated heterocycles. The molecule has 0 atom stereocenters. The third kappa shape index (κ3) is 4.53. The molecular formula is C17H24N4. The quantitative estimate of drug-likeness (QED) is 0.846. The molecule has 0 saturated carbocycles. The summed E-state index contributed by atoms with van der Waals surface area (Å²) in [6, 6.07) is 10.3. The summed E-state index contributed by atoms with van der Waals surface area (Å²) >= 11 is 0. The van der Waals surface area contributed by atoms with Crippen LogP contribution in [0.5, 0.6) is 0 Å². The number of para-hydroxylation sites is 1. The zero-order valence-electron chi connectivity index (χ0n) is 13.1. The molecule has 0 unspecified atom stereocenters. The van der Waals surface area contributed by atoms with Crippen molar-refractivity contribution in [1.29, 1.82) is 0 Å². The number of hydrogen-bond acceptors (Lipinski definition) is 4. The van der Waals surface area contributed by atoms with Crippen molar-refractivity contribution in [3.05, 3.63) is 48.4 Å². The van der Waals surface area contributed by atoms with E-state index >= 15 is 0 Å². The van der Waals surface area contributed by atoms with Gasteiger partial charge in [-0.25, -0.2) is 4.98 Å². The first kappa shape index (κ1) is 15.4. The minimum absolute atomic E-state index is 0.644. The average Bonchev–Trinajstić information content (AvgIpc) is 2.50. The molecule has 1 aromatic heterocycles. The molecule has 0 spiro atoms. The van der Waals surface area contributed by atoms with Crippen LogP contribution >= 0.6 is 0 Å². The lowest BCUT2D eigenvalue weighted by atomic mass is 10.2. The Balaban J connectivity index is 2.03. The number of nitrogens with zero attached hydrogens (tertiary/aromatic N) is 3. The van der Waals surface area contributed by atoms with E-state index in [-0.39, 0.29) is 0 Å². The molecular weight excluding hydrogens is 260 g/mol. The second-order valence-electron chi connectivity index (χ2n) is 5.47. The van der Waals surface area contributed by atoms with Gasteiger partial charge in [0.05, 0.1) is 18.1 Å². The van der Waals surface area contributed by atoms with Crippen LogP contribution < -0.4 is 10.2 Å². The van der Waals surface area contributed by atoms with E-state index in [9.17, 15) is 0 Å². The molecule has 0 amide bonds. The number of aromatic nitrogens is 2. The molecule has 4 heteroatoms. The first-order valence-corrected chi connectivity index (χ1v) is 7.55. The van der Waals surface area contributed by atoms with Crippen molar-refractivity contribution in [2.24, 2.45) is 5.92 Å². The van der Waals surface area contributed by atoms with E-state index in [1.165, 1.54) is 0 Å². The maximum Gasteiger partial charge on any atom is 0.151 e. The van der Waals surface area contributed by atoms with Gasteiger partial charge >= 0.3 is 0 Å². The maximum atomic E-state index is 4.55. The fourth-order valence-electron chi connectivity index (χ4n) is 2.15. The largest absolute Gasteiger partial charge is 0.325 e. The summed E-state index contributed by atoms with van der Waals surface area (Å²) in [4.78, 5) is 11.2. The molecule has 1 heterocycles.